The number of carboxylic acids is 1. The second-order valence-corrected chi connectivity index (χ2v) is 6.58. The molecule has 1 saturated heterocycles. The third kappa shape index (κ3) is 2.82. The summed E-state index contributed by atoms with van der Waals surface area (Å²) in [7, 11) is -2.20. The molecule has 0 amide bonds. The largest absolute Gasteiger partial charge is 0.480 e. The molecule has 0 aromatic heterocycles. The summed E-state index contributed by atoms with van der Waals surface area (Å²) in [6.07, 6.45) is 0. The number of aliphatic carboxylic acids is 1. The van der Waals surface area contributed by atoms with Gasteiger partial charge in [0.2, 0.25) is 10.0 Å². The molecule has 0 saturated carbocycles. The van der Waals surface area contributed by atoms with Gasteiger partial charge in [-0.2, -0.15) is 4.31 Å². The van der Waals surface area contributed by atoms with Crippen LogP contribution in [-0.2, 0) is 14.8 Å². The van der Waals surface area contributed by atoms with E-state index in [4.69, 9.17) is 0 Å². The van der Waals surface area contributed by atoms with E-state index in [-0.39, 0.29) is 18.0 Å². The zero-order chi connectivity index (χ0) is 14.9. The molecule has 1 aliphatic heterocycles. The first-order valence-corrected chi connectivity index (χ1v) is 7.45. The molecule has 110 valence electrons. The minimum Gasteiger partial charge on any atom is -0.480 e. The lowest BCUT2D eigenvalue weighted by molar-refractivity contribution is -0.143. The van der Waals surface area contributed by atoms with Gasteiger partial charge in [0.25, 0.3) is 0 Å². The van der Waals surface area contributed by atoms with Crippen LogP contribution in [0.5, 0.6) is 0 Å². The SMILES string of the molecule is CN1CCN(S(=O)(=O)c2ccc(F)cc2)C(C(=O)O)C1. The fourth-order valence-electron chi connectivity index (χ4n) is 2.13. The normalized spacial score (nSPS) is 21.8. The molecule has 0 radical (unpaired) electrons. The lowest BCUT2D eigenvalue weighted by Gasteiger charge is -2.36. The minimum absolute atomic E-state index is 0.0905. The van der Waals surface area contributed by atoms with E-state index in [0.717, 1.165) is 28.6 Å². The van der Waals surface area contributed by atoms with E-state index in [1.165, 1.54) is 0 Å². The Morgan fingerprint density at radius 3 is 2.45 bits per heavy atom. The van der Waals surface area contributed by atoms with Crippen molar-refractivity contribution >= 4 is 16.0 Å². The Labute approximate surface area is 116 Å². The van der Waals surface area contributed by atoms with Crippen LogP contribution >= 0.6 is 0 Å². The molecule has 1 unspecified atom stereocenters. The summed E-state index contributed by atoms with van der Waals surface area (Å²) in [6.45, 7) is 0.660. The molecule has 1 aromatic rings. The predicted octanol–water partition coefficient (Wildman–Crippen LogP) is 0.215. The number of rotatable bonds is 3. The molecular weight excluding hydrogens is 287 g/mol. The van der Waals surface area contributed by atoms with Crippen LogP contribution in [-0.4, -0.2) is 61.4 Å². The highest BCUT2D eigenvalue weighted by atomic mass is 32.2. The van der Waals surface area contributed by atoms with Crippen molar-refractivity contribution in [3.8, 4) is 0 Å². The van der Waals surface area contributed by atoms with Crippen LogP contribution in [0.2, 0.25) is 0 Å². The highest BCUT2D eigenvalue weighted by Crippen LogP contribution is 2.21. The van der Waals surface area contributed by atoms with Crippen LogP contribution in [0.4, 0.5) is 4.39 Å². The fraction of sp³-hybridized carbons (Fsp3) is 0.417. The Hall–Kier alpha value is -1.51. The Balaban J connectivity index is 2.36. The molecule has 20 heavy (non-hydrogen) atoms. The van der Waals surface area contributed by atoms with Crippen LogP contribution in [0.1, 0.15) is 0 Å². The van der Waals surface area contributed by atoms with Crippen LogP contribution in [0.15, 0.2) is 29.2 Å². The molecule has 0 aliphatic carbocycles. The standard InChI is InChI=1S/C12H15FN2O4S/c1-14-6-7-15(11(8-14)12(16)17)20(18,19)10-4-2-9(13)3-5-10/h2-5,11H,6-8H2,1H3,(H,16,17). The van der Waals surface area contributed by atoms with E-state index < -0.39 is 27.9 Å². The number of halogens is 1. The van der Waals surface area contributed by atoms with Gasteiger partial charge in [0.1, 0.15) is 11.9 Å². The molecule has 1 N–H and O–H groups in total. The Kier molecular flexibility index (Phi) is 4.07. The number of carbonyl (C=O) groups is 1. The third-order valence-corrected chi connectivity index (χ3v) is 5.16. The van der Waals surface area contributed by atoms with Gasteiger partial charge in [-0.1, -0.05) is 0 Å². The molecule has 0 bridgehead atoms. The minimum atomic E-state index is -3.94. The van der Waals surface area contributed by atoms with E-state index in [0.29, 0.717) is 6.54 Å². The second kappa shape index (κ2) is 5.47. The van der Waals surface area contributed by atoms with Crippen molar-refractivity contribution in [2.75, 3.05) is 26.7 Å². The van der Waals surface area contributed by atoms with E-state index in [2.05, 4.69) is 0 Å². The number of carboxylic acid groups (broad SMARTS) is 1. The van der Waals surface area contributed by atoms with Crippen LogP contribution in [0.25, 0.3) is 0 Å². The van der Waals surface area contributed by atoms with Gasteiger partial charge in [0.05, 0.1) is 4.90 Å². The monoisotopic (exact) mass is 302 g/mol. The topological polar surface area (TPSA) is 77.9 Å². The highest BCUT2D eigenvalue weighted by molar-refractivity contribution is 7.89. The van der Waals surface area contributed by atoms with Crippen molar-refractivity contribution in [1.82, 2.24) is 9.21 Å². The predicted molar refractivity (Wildman–Crippen MR) is 69.2 cm³/mol. The number of hydrogen-bond acceptors (Lipinski definition) is 4. The highest BCUT2D eigenvalue weighted by Gasteiger charge is 2.39. The molecule has 1 aromatic carbocycles. The molecule has 1 heterocycles. The molecule has 2 rings (SSSR count). The van der Waals surface area contributed by atoms with Gasteiger partial charge < -0.3 is 10.0 Å². The molecule has 0 spiro atoms. The maximum absolute atomic E-state index is 12.9. The maximum Gasteiger partial charge on any atom is 0.323 e. The number of benzene rings is 1. The first-order chi connectivity index (χ1) is 9.32. The van der Waals surface area contributed by atoms with Crippen molar-refractivity contribution < 1.29 is 22.7 Å². The van der Waals surface area contributed by atoms with E-state index in [1.807, 2.05) is 0 Å². The Bertz CT molecular complexity index is 602. The van der Waals surface area contributed by atoms with Gasteiger partial charge >= 0.3 is 5.97 Å². The smallest absolute Gasteiger partial charge is 0.323 e. The van der Waals surface area contributed by atoms with Crippen molar-refractivity contribution in [1.29, 1.82) is 0 Å². The fourth-order valence-corrected chi connectivity index (χ4v) is 3.70. The molecular formula is C12H15FN2O4S. The quantitative estimate of drug-likeness (QED) is 0.864. The molecule has 1 aliphatic rings. The number of hydrogen-bond donors (Lipinski definition) is 1. The Morgan fingerprint density at radius 1 is 1.30 bits per heavy atom. The zero-order valence-corrected chi connectivity index (χ0v) is 11.7. The summed E-state index contributed by atoms with van der Waals surface area (Å²) in [5.74, 6) is -1.74. The third-order valence-electron chi connectivity index (χ3n) is 3.24. The van der Waals surface area contributed by atoms with Crippen molar-refractivity contribution in [2.45, 2.75) is 10.9 Å². The van der Waals surface area contributed by atoms with E-state index >= 15 is 0 Å². The molecule has 8 heteroatoms. The first kappa shape index (κ1) is 14.9. The van der Waals surface area contributed by atoms with Crippen LogP contribution in [0.3, 0.4) is 0 Å². The number of nitrogens with zero attached hydrogens (tertiary/aromatic N) is 2. The van der Waals surface area contributed by atoms with Gasteiger partial charge in [0.15, 0.2) is 0 Å². The van der Waals surface area contributed by atoms with Crippen molar-refractivity contribution in [3.63, 3.8) is 0 Å². The summed E-state index contributed by atoms with van der Waals surface area (Å²) in [6, 6.07) is 3.23. The number of likely N-dealkylation sites (N-methyl/N-ethyl adjacent to an activating group) is 1. The van der Waals surface area contributed by atoms with Crippen molar-refractivity contribution in [2.24, 2.45) is 0 Å². The van der Waals surface area contributed by atoms with E-state index in [1.54, 1.807) is 11.9 Å². The number of piperazine rings is 1. The number of sulfonamides is 1. The molecule has 1 fully saturated rings. The summed E-state index contributed by atoms with van der Waals surface area (Å²) >= 11 is 0. The van der Waals surface area contributed by atoms with E-state index in [9.17, 15) is 22.7 Å². The zero-order valence-electron chi connectivity index (χ0n) is 10.9. The van der Waals surface area contributed by atoms with Crippen molar-refractivity contribution in [3.05, 3.63) is 30.1 Å². The lowest BCUT2D eigenvalue weighted by Crippen LogP contribution is -2.57. The first-order valence-electron chi connectivity index (χ1n) is 6.01. The molecule has 6 nitrogen and oxygen atoms in total. The summed E-state index contributed by atoms with van der Waals surface area (Å²) in [5.41, 5.74) is 0. The summed E-state index contributed by atoms with van der Waals surface area (Å²) < 4.78 is 38.7. The maximum atomic E-state index is 12.9. The average Bonchev–Trinajstić information content (AvgIpc) is 2.38. The van der Waals surface area contributed by atoms with Crippen LogP contribution < -0.4 is 0 Å². The van der Waals surface area contributed by atoms with Gasteiger partial charge in [-0.25, -0.2) is 12.8 Å². The Morgan fingerprint density at radius 2 is 1.90 bits per heavy atom. The summed E-state index contributed by atoms with van der Waals surface area (Å²) in [4.78, 5) is 12.9. The average molecular weight is 302 g/mol. The lowest BCUT2D eigenvalue weighted by atomic mass is 10.2. The van der Waals surface area contributed by atoms with Gasteiger partial charge in [0, 0.05) is 19.6 Å². The summed E-state index contributed by atoms with van der Waals surface area (Å²) in [5, 5.41) is 9.19. The van der Waals surface area contributed by atoms with Gasteiger partial charge in [-0.3, -0.25) is 4.79 Å². The van der Waals surface area contributed by atoms with Gasteiger partial charge in [-0.05, 0) is 31.3 Å². The molecule has 1 atom stereocenters. The second-order valence-electron chi connectivity index (χ2n) is 4.69. The van der Waals surface area contributed by atoms with Crippen LogP contribution in [0, 0.1) is 5.82 Å². The van der Waals surface area contributed by atoms with Gasteiger partial charge in [-0.15, -0.1) is 0 Å².